The van der Waals surface area contributed by atoms with Crippen molar-refractivity contribution in [3.8, 4) is 0 Å². The maximum atomic E-state index is 12.1. The fourth-order valence-corrected chi connectivity index (χ4v) is 2.68. The number of hydrogen-bond acceptors (Lipinski definition) is 5. The maximum absolute atomic E-state index is 12.1. The molecule has 1 fully saturated rings. The van der Waals surface area contributed by atoms with Gasteiger partial charge in [-0.25, -0.2) is 14.8 Å². The molecule has 0 bridgehead atoms. The number of anilines is 1. The standard InChI is InChI=1S/C16H24N4O3/c1-10(2)8-14(21)20-6-4-12(5-7-20)18-16-17-11(3)9-13(19-16)15(22)23/h9-10,12H,4-8H2,1-3H3,(H,22,23)(H,17,18,19). The lowest BCUT2D eigenvalue weighted by Gasteiger charge is -2.32. The predicted octanol–water partition coefficient (Wildman–Crippen LogP) is 1.93. The van der Waals surface area contributed by atoms with Crippen LogP contribution < -0.4 is 5.32 Å². The van der Waals surface area contributed by atoms with Crippen molar-refractivity contribution < 1.29 is 14.7 Å². The van der Waals surface area contributed by atoms with Crippen LogP contribution in [0.5, 0.6) is 0 Å². The van der Waals surface area contributed by atoms with Crippen molar-refractivity contribution in [2.24, 2.45) is 5.92 Å². The molecule has 1 amide bonds. The molecule has 2 heterocycles. The van der Waals surface area contributed by atoms with E-state index in [0.29, 0.717) is 37.1 Å². The second-order valence-electron chi connectivity index (χ2n) is 6.42. The smallest absolute Gasteiger partial charge is 0.354 e. The number of carboxylic acid groups (broad SMARTS) is 1. The number of amides is 1. The van der Waals surface area contributed by atoms with Gasteiger partial charge in [-0.1, -0.05) is 13.8 Å². The Hall–Kier alpha value is -2.18. The number of likely N-dealkylation sites (tertiary alicyclic amines) is 1. The molecule has 0 unspecified atom stereocenters. The van der Waals surface area contributed by atoms with Gasteiger partial charge in [0.25, 0.3) is 0 Å². The normalized spacial score (nSPS) is 15.7. The van der Waals surface area contributed by atoms with Crippen molar-refractivity contribution in [2.45, 2.75) is 46.1 Å². The summed E-state index contributed by atoms with van der Waals surface area (Å²) in [5, 5.41) is 12.2. The summed E-state index contributed by atoms with van der Waals surface area (Å²) < 4.78 is 0. The summed E-state index contributed by atoms with van der Waals surface area (Å²) in [6.07, 6.45) is 2.20. The number of nitrogens with zero attached hydrogens (tertiary/aromatic N) is 3. The number of aryl methyl sites for hydroxylation is 1. The summed E-state index contributed by atoms with van der Waals surface area (Å²) >= 11 is 0. The van der Waals surface area contributed by atoms with Crippen LogP contribution in [0, 0.1) is 12.8 Å². The first-order valence-electron chi connectivity index (χ1n) is 7.98. The Balaban J connectivity index is 1.92. The lowest BCUT2D eigenvalue weighted by molar-refractivity contribution is -0.132. The Bertz CT molecular complexity index is 581. The van der Waals surface area contributed by atoms with E-state index in [1.807, 2.05) is 18.7 Å². The van der Waals surface area contributed by atoms with Crippen LogP contribution in [-0.2, 0) is 4.79 Å². The van der Waals surface area contributed by atoms with Gasteiger partial charge in [-0.3, -0.25) is 4.79 Å². The molecular formula is C16H24N4O3. The van der Waals surface area contributed by atoms with Crippen molar-refractivity contribution in [2.75, 3.05) is 18.4 Å². The van der Waals surface area contributed by atoms with E-state index in [1.54, 1.807) is 6.92 Å². The molecule has 7 heteroatoms. The van der Waals surface area contributed by atoms with Gasteiger partial charge in [0.2, 0.25) is 11.9 Å². The van der Waals surface area contributed by atoms with Crippen molar-refractivity contribution in [1.82, 2.24) is 14.9 Å². The molecule has 1 aromatic heterocycles. The zero-order chi connectivity index (χ0) is 17.0. The number of carbonyl (C=O) groups is 2. The van der Waals surface area contributed by atoms with Gasteiger partial charge in [0.15, 0.2) is 5.69 Å². The zero-order valence-corrected chi connectivity index (χ0v) is 13.9. The van der Waals surface area contributed by atoms with Crippen LogP contribution in [-0.4, -0.2) is 51.0 Å². The highest BCUT2D eigenvalue weighted by molar-refractivity contribution is 5.85. The van der Waals surface area contributed by atoms with Gasteiger partial charge in [0.1, 0.15) is 0 Å². The van der Waals surface area contributed by atoms with Gasteiger partial charge in [0.05, 0.1) is 0 Å². The minimum absolute atomic E-state index is 0.00968. The summed E-state index contributed by atoms with van der Waals surface area (Å²) in [5.74, 6) is -0.145. The summed E-state index contributed by atoms with van der Waals surface area (Å²) in [5.41, 5.74) is 0.606. The lowest BCUT2D eigenvalue weighted by Crippen LogP contribution is -2.42. The van der Waals surface area contributed by atoms with Crippen LogP contribution in [0.1, 0.15) is 49.3 Å². The number of aromatic nitrogens is 2. The van der Waals surface area contributed by atoms with Crippen molar-refractivity contribution in [3.63, 3.8) is 0 Å². The Kier molecular flexibility index (Phi) is 5.52. The average Bonchev–Trinajstić information content (AvgIpc) is 2.46. The third-order valence-electron chi connectivity index (χ3n) is 3.84. The first-order chi connectivity index (χ1) is 10.8. The van der Waals surface area contributed by atoms with Crippen LogP contribution in [0.25, 0.3) is 0 Å². The molecule has 0 atom stereocenters. The van der Waals surface area contributed by atoms with Crippen molar-refractivity contribution >= 4 is 17.8 Å². The van der Waals surface area contributed by atoms with Crippen LogP contribution in [0.15, 0.2) is 6.07 Å². The number of aromatic carboxylic acids is 1. The van der Waals surface area contributed by atoms with Gasteiger partial charge in [-0.05, 0) is 31.7 Å². The molecule has 1 saturated heterocycles. The lowest BCUT2D eigenvalue weighted by atomic mass is 10.0. The highest BCUT2D eigenvalue weighted by Crippen LogP contribution is 2.17. The van der Waals surface area contributed by atoms with Crippen LogP contribution in [0.2, 0.25) is 0 Å². The summed E-state index contributed by atoms with van der Waals surface area (Å²) in [4.78, 5) is 33.3. The Morgan fingerprint density at radius 2 is 2.00 bits per heavy atom. The molecule has 0 aliphatic carbocycles. The van der Waals surface area contributed by atoms with Gasteiger partial charge in [0, 0.05) is 31.2 Å². The van der Waals surface area contributed by atoms with Crippen LogP contribution >= 0.6 is 0 Å². The molecule has 23 heavy (non-hydrogen) atoms. The summed E-state index contributed by atoms with van der Waals surface area (Å²) in [6.45, 7) is 7.25. The Morgan fingerprint density at radius 1 is 1.35 bits per heavy atom. The molecule has 0 spiro atoms. The van der Waals surface area contributed by atoms with Gasteiger partial charge < -0.3 is 15.3 Å². The number of carbonyl (C=O) groups excluding carboxylic acids is 1. The molecule has 0 saturated carbocycles. The molecule has 0 aromatic carbocycles. The van der Waals surface area contributed by atoms with E-state index in [2.05, 4.69) is 15.3 Å². The fourth-order valence-electron chi connectivity index (χ4n) is 2.68. The van der Waals surface area contributed by atoms with Gasteiger partial charge >= 0.3 is 5.97 Å². The average molecular weight is 320 g/mol. The van der Waals surface area contributed by atoms with Gasteiger partial charge in [-0.15, -0.1) is 0 Å². The Morgan fingerprint density at radius 3 is 2.57 bits per heavy atom. The highest BCUT2D eigenvalue weighted by atomic mass is 16.4. The second kappa shape index (κ2) is 7.39. The van der Waals surface area contributed by atoms with E-state index in [1.165, 1.54) is 6.07 Å². The SMILES string of the molecule is Cc1cc(C(=O)O)nc(NC2CCN(C(=O)CC(C)C)CC2)n1. The first kappa shape index (κ1) is 17.2. The molecule has 7 nitrogen and oxygen atoms in total. The van der Waals surface area contributed by atoms with E-state index in [4.69, 9.17) is 5.11 Å². The molecule has 1 aliphatic heterocycles. The number of carboxylic acids is 1. The molecule has 2 rings (SSSR count). The van der Waals surface area contributed by atoms with Crippen molar-refractivity contribution in [3.05, 3.63) is 17.5 Å². The van der Waals surface area contributed by atoms with E-state index in [9.17, 15) is 9.59 Å². The largest absolute Gasteiger partial charge is 0.477 e. The van der Waals surface area contributed by atoms with Gasteiger partial charge in [-0.2, -0.15) is 0 Å². The predicted molar refractivity (Wildman–Crippen MR) is 86.4 cm³/mol. The van der Waals surface area contributed by atoms with E-state index < -0.39 is 5.97 Å². The third kappa shape index (κ3) is 4.91. The van der Waals surface area contributed by atoms with E-state index in [0.717, 1.165) is 12.8 Å². The summed E-state index contributed by atoms with van der Waals surface area (Å²) in [7, 11) is 0. The van der Waals surface area contributed by atoms with E-state index >= 15 is 0 Å². The third-order valence-corrected chi connectivity index (χ3v) is 3.84. The monoisotopic (exact) mass is 320 g/mol. The number of hydrogen-bond donors (Lipinski definition) is 2. The minimum Gasteiger partial charge on any atom is -0.477 e. The molecule has 0 radical (unpaired) electrons. The molecule has 126 valence electrons. The number of rotatable bonds is 5. The fraction of sp³-hybridized carbons (Fsp3) is 0.625. The quantitative estimate of drug-likeness (QED) is 0.861. The minimum atomic E-state index is -1.06. The second-order valence-corrected chi connectivity index (χ2v) is 6.42. The first-order valence-corrected chi connectivity index (χ1v) is 7.98. The zero-order valence-electron chi connectivity index (χ0n) is 13.9. The highest BCUT2D eigenvalue weighted by Gasteiger charge is 2.23. The Labute approximate surface area is 136 Å². The maximum Gasteiger partial charge on any atom is 0.354 e. The molecule has 2 N–H and O–H groups in total. The van der Waals surface area contributed by atoms with E-state index in [-0.39, 0.29) is 17.6 Å². The number of piperidine rings is 1. The summed E-state index contributed by atoms with van der Waals surface area (Å²) in [6, 6.07) is 1.60. The topological polar surface area (TPSA) is 95.4 Å². The van der Waals surface area contributed by atoms with Crippen LogP contribution in [0.4, 0.5) is 5.95 Å². The molecule has 1 aromatic rings. The van der Waals surface area contributed by atoms with Crippen molar-refractivity contribution in [1.29, 1.82) is 0 Å². The molecular weight excluding hydrogens is 296 g/mol. The van der Waals surface area contributed by atoms with Crippen LogP contribution in [0.3, 0.4) is 0 Å². The number of nitrogens with one attached hydrogen (secondary N) is 1. The molecule has 1 aliphatic rings.